The lowest BCUT2D eigenvalue weighted by Gasteiger charge is -2.19. The van der Waals surface area contributed by atoms with Crippen molar-refractivity contribution in [3.8, 4) is 5.75 Å². The molecule has 0 saturated heterocycles. The molecule has 1 aromatic carbocycles. The number of phenolic OH excluding ortho intramolecular Hbond substituents is 1. The fraction of sp³-hybridized carbons (Fsp3) is 0.400. The number of anilines is 1. The first-order valence-corrected chi connectivity index (χ1v) is 5.13. The summed E-state index contributed by atoms with van der Waals surface area (Å²) in [6.45, 7) is 0.188. The summed E-state index contributed by atoms with van der Waals surface area (Å²) in [5, 5.41) is 32.0. The van der Waals surface area contributed by atoms with Crippen molar-refractivity contribution in [2.45, 2.75) is 12.2 Å². The Balaban J connectivity index is 3.03. The van der Waals surface area contributed by atoms with Crippen LogP contribution in [0.1, 0.15) is 11.7 Å². The van der Waals surface area contributed by atoms with Gasteiger partial charge in [-0.3, -0.25) is 0 Å². The van der Waals surface area contributed by atoms with Crippen molar-refractivity contribution in [1.29, 1.82) is 0 Å². The Bertz CT molecular complexity index is 373. The highest BCUT2D eigenvalue weighted by atomic mass is 35.5. The van der Waals surface area contributed by atoms with Crippen LogP contribution in [0.3, 0.4) is 0 Å². The second-order valence-electron chi connectivity index (χ2n) is 3.50. The van der Waals surface area contributed by atoms with Crippen molar-refractivity contribution in [3.05, 3.63) is 22.7 Å². The predicted octanol–water partition coefficient (Wildman–Crippen LogP) is 0.241. The van der Waals surface area contributed by atoms with Crippen LogP contribution in [-0.2, 0) is 0 Å². The number of likely N-dealkylation sites (N-methyl/N-ethyl adjacent to an activating group) is 1. The molecular formula is C10H15ClN2O3. The van der Waals surface area contributed by atoms with Crippen molar-refractivity contribution >= 4 is 17.3 Å². The second-order valence-corrected chi connectivity index (χ2v) is 3.94. The molecule has 0 aliphatic rings. The molecule has 0 aliphatic carbocycles. The Morgan fingerprint density at radius 2 is 2.06 bits per heavy atom. The van der Waals surface area contributed by atoms with E-state index in [-0.39, 0.29) is 23.5 Å². The lowest BCUT2D eigenvalue weighted by molar-refractivity contribution is 0.0189. The molecule has 6 N–H and O–H groups in total. The van der Waals surface area contributed by atoms with Gasteiger partial charge in [0.25, 0.3) is 0 Å². The summed E-state index contributed by atoms with van der Waals surface area (Å²) in [5.41, 5.74) is 5.68. The van der Waals surface area contributed by atoms with Crippen LogP contribution in [-0.4, -0.2) is 35.0 Å². The highest BCUT2D eigenvalue weighted by Gasteiger charge is 2.22. The molecule has 0 aromatic heterocycles. The van der Waals surface area contributed by atoms with Crippen molar-refractivity contribution < 1.29 is 15.3 Å². The Morgan fingerprint density at radius 3 is 2.62 bits per heavy atom. The fourth-order valence-electron chi connectivity index (χ4n) is 1.40. The first-order valence-electron chi connectivity index (χ1n) is 4.76. The Kier molecular flexibility index (Phi) is 4.37. The van der Waals surface area contributed by atoms with Crippen LogP contribution in [0.25, 0.3) is 0 Å². The molecule has 90 valence electrons. The summed E-state index contributed by atoms with van der Waals surface area (Å²) in [4.78, 5) is 0. The minimum atomic E-state index is -1.24. The maximum atomic E-state index is 9.79. The number of nitrogens with one attached hydrogen (secondary N) is 1. The third-order valence-electron chi connectivity index (χ3n) is 2.23. The number of nitrogen functional groups attached to an aromatic ring is 1. The van der Waals surface area contributed by atoms with Crippen LogP contribution in [0, 0.1) is 0 Å². The maximum absolute atomic E-state index is 9.79. The van der Waals surface area contributed by atoms with Crippen LogP contribution < -0.4 is 11.1 Å². The Morgan fingerprint density at radius 1 is 1.44 bits per heavy atom. The number of aromatic hydroxyl groups is 1. The van der Waals surface area contributed by atoms with E-state index in [9.17, 15) is 15.3 Å². The van der Waals surface area contributed by atoms with Crippen molar-refractivity contribution in [2.75, 3.05) is 19.3 Å². The molecule has 0 saturated carbocycles. The minimum absolute atomic E-state index is 0.0678. The lowest BCUT2D eigenvalue weighted by Crippen LogP contribution is -2.29. The SMILES string of the molecule is CNCC(O)C(O)c1cc(Cl)cc(N)c1O. The summed E-state index contributed by atoms with van der Waals surface area (Å²) >= 11 is 5.75. The van der Waals surface area contributed by atoms with Crippen LogP contribution >= 0.6 is 11.6 Å². The van der Waals surface area contributed by atoms with E-state index >= 15 is 0 Å². The van der Waals surface area contributed by atoms with E-state index in [1.807, 2.05) is 0 Å². The number of aliphatic hydroxyl groups excluding tert-OH is 2. The third-order valence-corrected chi connectivity index (χ3v) is 2.45. The van der Waals surface area contributed by atoms with Gasteiger partial charge in [-0.1, -0.05) is 11.6 Å². The zero-order valence-corrected chi connectivity index (χ0v) is 9.57. The van der Waals surface area contributed by atoms with Gasteiger partial charge in [-0.15, -0.1) is 0 Å². The van der Waals surface area contributed by atoms with E-state index in [4.69, 9.17) is 17.3 Å². The van der Waals surface area contributed by atoms with Gasteiger partial charge in [0.1, 0.15) is 11.9 Å². The molecule has 6 heteroatoms. The van der Waals surface area contributed by atoms with E-state index in [2.05, 4.69) is 5.32 Å². The molecule has 0 spiro atoms. The summed E-state index contributed by atoms with van der Waals surface area (Å²) in [5.74, 6) is -0.257. The Hall–Kier alpha value is -1.01. The summed E-state index contributed by atoms with van der Waals surface area (Å²) in [6, 6.07) is 2.74. The summed E-state index contributed by atoms with van der Waals surface area (Å²) in [6.07, 6.45) is -2.29. The molecule has 0 amide bonds. The fourth-order valence-corrected chi connectivity index (χ4v) is 1.63. The van der Waals surface area contributed by atoms with Gasteiger partial charge in [0.05, 0.1) is 11.8 Å². The number of hydrogen-bond acceptors (Lipinski definition) is 5. The number of halogens is 1. The van der Waals surface area contributed by atoms with E-state index in [0.717, 1.165) is 0 Å². The molecule has 2 atom stereocenters. The van der Waals surface area contributed by atoms with Gasteiger partial charge in [-0.2, -0.15) is 0 Å². The number of benzene rings is 1. The summed E-state index contributed by atoms with van der Waals surface area (Å²) < 4.78 is 0. The van der Waals surface area contributed by atoms with E-state index in [1.54, 1.807) is 7.05 Å². The number of aliphatic hydroxyl groups is 2. The first-order chi connectivity index (χ1) is 7.47. The highest BCUT2D eigenvalue weighted by Crippen LogP contribution is 2.34. The molecule has 1 rings (SSSR count). The van der Waals surface area contributed by atoms with Gasteiger partial charge in [-0.05, 0) is 19.2 Å². The minimum Gasteiger partial charge on any atom is -0.505 e. The molecule has 0 radical (unpaired) electrons. The third kappa shape index (κ3) is 2.76. The number of hydrogen-bond donors (Lipinski definition) is 5. The maximum Gasteiger partial charge on any atom is 0.144 e. The molecule has 16 heavy (non-hydrogen) atoms. The zero-order valence-electron chi connectivity index (χ0n) is 8.81. The van der Waals surface area contributed by atoms with E-state index in [1.165, 1.54) is 12.1 Å². The average Bonchev–Trinajstić information content (AvgIpc) is 2.22. The standard InChI is InChI=1S/C10H15ClN2O3/c1-13-4-8(14)10(16)6-2-5(11)3-7(12)9(6)15/h2-3,8,10,13-16H,4,12H2,1H3. The van der Waals surface area contributed by atoms with Crippen LogP contribution in [0.4, 0.5) is 5.69 Å². The normalized spacial score (nSPS) is 14.8. The zero-order chi connectivity index (χ0) is 12.3. The molecule has 1 aromatic rings. The molecule has 0 fully saturated rings. The van der Waals surface area contributed by atoms with E-state index < -0.39 is 12.2 Å². The number of phenols is 1. The molecule has 0 bridgehead atoms. The molecule has 5 nitrogen and oxygen atoms in total. The highest BCUT2D eigenvalue weighted by molar-refractivity contribution is 6.31. The first kappa shape index (κ1) is 13.1. The van der Waals surface area contributed by atoms with Gasteiger partial charge in [0.15, 0.2) is 0 Å². The average molecular weight is 247 g/mol. The van der Waals surface area contributed by atoms with E-state index in [0.29, 0.717) is 5.02 Å². The van der Waals surface area contributed by atoms with Gasteiger partial charge >= 0.3 is 0 Å². The second kappa shape index (κ2) is 5.36. The van der Waals surface area contributed by atoms with Crippen LogP contribution in [0.15, 0.2) is 12.1 Å². The molecule has 0 aliphatic heterocycles. The quantitative estimate of drug-likeness (QED) is 0.387. The smallest absolute Gasteiger partial charge is 0.144 e. The number of rotatable bonds is 4. The largest absolute Gasteiger partial charge is 0.505 e. The van der Waals surface area contributed by atoms with Crippen molar-refractivity contribution in [3.63, 3.8) is 0 Å². The molecular weight excluding hydrogens is 232 g/mol. The predicted molar refractivity (Wildman–Crippen MR) is 62.4 cm³/mol. The van der Waals surface area contributed by atoms with Crippen molar-refractivity contribution in [2.24, 2.45) is 0 Å². The topological polar surface area (TPSA) is 98.7 Å². The monoisotopic (exact) mass is 246 g/mol. The van der Waals surface area contributed by atoms with Gasteiger partial charge in [0, 0.05) is 17.1 Å². The van der Waals surface area contributed by atoms with Crippen LogP contribution in [0.2, 0.25) is 5.02 Å². The van der Waals surface area contributed by atoms with Crippen molar-refractivity contribution in [1.82, 2.24) is 5.32 Å². The van der Waals surface area contributed by atoms with Crippen LogP contribution in [0.5, 0.6) is 5.75 Å². The molecule has 0 heterocycles. The number of nitrogens with two attached hydrogens (primary N) is 1. The Labute approximate surface area is 98.5 Å². The summed E-state index contributed by atoms with van der Waals surface area (Å²) in [7, 11) is 1.64. The van der Waals surface area contributed by atoms with Gasteiger partial charge < -0.3 is 26.4 Å². The van der Waals surface area contributed by atoms with Gasteiger partial charge in [-0.25, -0.2) is 0 Å². The van der Waals surface area contributed by atoms with Gasteiger partial charge in [0.2, 0.25) is 0 Å². The lowest BCUT2D eigenvalue weighted by atomic mass is 10.0. The molecule has 2 unspecified atom stereocenters.